The van der Waals surface area contributed by atoms with Gasteiger partial charge in [0.1, 0.15) is 10.9 Å². The molecular formula is C12H13N3O4S. The van der Waals surface area contributed by atoms with Gasteiger partial charge in [-0.3, -0.25) is 18.7 Å². The summed E-state index contributed by atoms with van der Waals surface area (Å²) in [4.78, 5) is 39.5. The fourth-order valence-electron chi connectivity index (χ4n) is 1.80. The lowest BCUT2D eigenvalue weighted by Gasteiger charge is -2.11. The molecular weight excluding hydrogens is 282 g/mol. The highest BCUT2D eigenvalue weighted by Gasteiger charge is 2.18. The molecule has 0 aliphatic carbocycles. The SMILES string of the molecule is C[C@H](Sc1ccnc2c1c(=O)n(C)c(=O)n2C)C(=O)O. The Hall–Kier alpha value is -2.09. The monoisotopic (exact) mass is 295 g/mol. The molecule has 1 atom stereocenters. The molecule has 0 unspecified atom stereocenters. The lowest BCUT2D eigenvalue weighted by atomic mass is 10.3. The van der Waals surface area contributed by atoms with E-state index in [0.717, 1.165) is 16.3 Å². The van der Waals surface area contributed by atoms with E-state index < -0.39 is 22.5 Å². The van der Waals surface area contributed by atoms with Crippen LogP contribution in [0.2, 0.25) is 0 Å². The Morgan fingerprint density at radius 3 is 2.60 bits per heavy atom. The number of aryl methyl sites for hydroxylation is 1. The fourth-order valence-corrected chi connectivity index (χ4v) is 2.72. The molecule has 0 saturated carbocycles. The minimum atomic E-state index is -0.971. The van der Waals surface area contributed by atoms with E-state index in [9.17, 15) is 14.4 Å². The smallest absolute Gasteiger partial charge is 0.332 e. The number of rotatable bonds is 3. The maximum atomic E-state index is 12.2. The topological polar surface area (TPSA) is 94.2 Å². The molecule has 0 bridgehead atoms. The average Bonchev–Trinajstić information content (AvgIpc) is 2.42. The standard InChI is InChI=1S/C12H13N3O4S/c1-6(11(17)18)20-7-4-5-13-9-8(7)10(16)15(3)12(19)14(9)2/h4-6H,1-3H3,(H,17,18)/t6-/m0/s1. The van der Waals surface area contributed by atoms with Gasteiger partial charge in [-0.25, -0.2) is 9.78 Å². The third-order valence-electron chi connectivity index (χ3n) is 2.95. The third kappa shape index (κ3) is 2.22. The molecule has 7 nitrogen and oxygen atoms in total. The molecule has 0 aliphatic heterocycles. The number of aliphatic carboxylic acids is 1. The van der Waals surface area contributed by atoms with Crippen molar-refractivity contribution in [2.45, 2.75) is 17.1 Å². The van der Waals surface area contributed by atoms with Crippen molar-refractivity contribution in [1.82, 2.24) is 14.1 Å². The highest BCUT2D eigenvalue weighted by Crippen LogP contribution is 2.27. The molecule has 1 N–H and O–H groups in total. The van der Waals surface area contributed by atoms with Crippen molar-refractivity contribution in [1.29, 1.82) is 0 Å². The molecule has 0 amide bonds. The van der Waals surface area contributed by atoms with Crippen LogP contribution in [0.15, 0.2) is 26.7 Å². The second-order valence-corrected chi connectivity index (χ2v) is 5.69. The van der Waals surface area contributed by atoms with Crippen LogP contribution in [0, 0.1) is 0 Å². The molecule has 8 heteroatoms. The number of pyridine rings is 1. The van der Waals surface area contributed by atoms with Gasteiger partial charge in [0, 0.05) is 25.2 Å². The first-order valence-corrected chi connectivity index (χ1v) is 6.66. The van der Waals surface area contributed by atoms with Crippen molar-refractivity contribution < 1.29 is 9.90 Å². The van der Waals surface area contributed by atoms with E-state index in [-0.39, 0.29) is 11.0 Å². The zero-order valence-corrected chi connectivity index (χ0v) is 12.0. The highest BCUT2D eigenvalue weighted by atomic mass is 32.2. The van der Waals surface area contributed by atoms with Crippen LogP contribution in [-0.4, -0.2) is 30.4 Å². The Balaban J connectivity index is 2.79. The molecule has 0 radical (unpaired) electrons. The lowest BCUT2D eigenvalue weighted by Crippen LogP contribution is -2.37. The molecule has 2 heterocycles. The Labute approximate surface area is 117 Å². The molecule has 20 heavy (non-hydrogen) atoms. The predicted molar refractivity (Wildman–Crippen MR) is 75.2 cm³/mol. The van der Waals surface area contributed by atoms with E-state index in [1.54, 1.807) is 6.07 Å². The summed E-state index contributed by atoms with van der Waals surface area (Å²) in [6, 6.07) is 1.58. The zero-order chi connectivity index (χ0) is 15.0. The van der Waals surface area contributed by atoms with Crippen LogP contribution in [0.5, 0.6) is 0 Å². The largest absolute Gasteiger partial charge is 0.480 e. The van der Waals surface area contributed by atoms with Gasteiger partial charge in [-0.05, 0) is 13.0 Å². The molecule has 0 aliphatic rings. The van der Waals surface area contributed by atoms with Crippen LogP contribution in [0.25, 0.3) is 11.0 Å². The summed E-state index contributed by atoms with van der Waals surface area (Å²) in [7, 11) is 2.90. The molecule has 0 saturated heterocycles. The normalized spacial score (nSPS) is 12.6. The van der Waals surface area contributed by atoms with E-state index in [1.165, 1.54) is 31.8 Å². The summed E-state index contributed by atoms with van der Waals surface area (Å²) in [5.41, 5.74) is -0.694. The number of aromatic nitrogens is 3. The molecule has 106 valence electrons. The summed E-state index contributed by atoms with van der Waals surface area (Å²) in [6.07, 6.45) is 1.46. The number of hydrogen-bond donors (Lipinski definition) is 1. The number of nitrogens with zero attached hydrogens (tertiary/aromatic N) is 3. The predicted octanol–water partition coefficient (Wildman–Crippen LogP) is 0.197. The van der Waals surface area contributed by atoms with E-state index in [2.05, 4.69) is 4.98 Å². The molecule has 0 aromatic carbocycles. The number of carboxylic acid groups (broad SMARTS) is 1. The van der Waals surface area contributed by atoms with Gasteiger partial charge in [-0.15, -0.1) is 11.8 Å². The number of hydrogen-bond acceptors (Lipinski definition) is 5. The first-order chi connectivity index (χ1) is 9.34. The first kappa shape index (κ1) is 14.3. The third-order valence-corrected chi connectivity index (χ3v) is 4.10. The summed E-state index contributed by atoms with van der Waals surface area (Å²) in [5, 5.41) is 8.52. The quantitative estimate of drug-likeness (QED) is 0.813. The Morgan fingerprint density at radius 2 is 2.00 bits per heavy atom. The van der Waals surface area contributed by atoms with Crippen LogP contribution < -0.4 is 11.2 Å². The van der Waals surface area contributed by atoms with Gasteiger partial charge in [0.15, 0.2) is 0 Å². The Bertz CT molecular complexity index is 809. The average molecular weight is 295 g/mol. The lowest BCUT2D eigenvalue weighted by molar-refractivity contribution is -0.136. The van der Waals surface area contributed by atoms with Crippen LogP contribution in [0.1, 0.15) is 6.92 Å². The van der Waals surface area contributed by atoms with Gasteiger partial charge in [0.25, 0.3) is 5.56 Å². The van der Waals surface area contributed by atoms with Crippen molar-refractivity contribution >= 4 is 28.8 Å². The molecule has 2 rings (SSSR count). The van der Waals surface area contributed by atoms with E-state index in [1.807, 2.05) is 0 Å². The first-order valence-electron chi connectivity index (χ1n) is 5.78. The number of carbonyl (C=O) groups is 1. The van der Waals surface area contributed by atoms with Crippen LogP contribution in [-0.2, 0) is 18.9 Å². The van der Waals surface area contributed by atoms with Crippen LogP contribution >= 0.6 is 11.8 Å². The minimum absolute atomic E-state index is 0.251. The maximum absolute atomic E-state index is 12.2. The number of thioether (sulfide) groups is 1. The summed E-state index contributed by atoms with van der Waals surface area (Å²) >= 11 is 1.05. The Kier molecular flexibility index (Phi) is 3.67. The summed E-state index contributed by atoms with van der Waals surface area (Å²) < 4.78 is 2.26. The molecule has 2 aromatic rings. The van der Waals surface area contributed by atoms with Gasteiger partial charge < -0.3 is 5.11 Å². The van der Waals surface area contributed by atoms with E-state index >= 15 is 0 Å². The van der Waals surface area contributed by atoms with Crippen molar-refractivity contribution in [3.8, 4) is 0 Å². The van der Waals surface area contributed by atoms with Gasteiger partial charge >= 0.3 is 11.7 Å². The van der Waals surface area contributed by atoms with Gasteiger partial charge in [-0.2, -0.15) is 0 Å². The molecule has 0 fully saturated rings. The van der Waals surface area contributed by atoms with Crippen molar-refractivity contribution in [3.05, 3.63) is 33.1 Å². The summed E-state index contributed by atoms with van der Waals surface area (Å²) in [6.45, 7) is 1.53. The van der Waals surface area contributed by atoms with Gasteiger partial charge in [0.2, 0.25) is 0 Å². The zero-order valence-electron chi connectivity index (χ0n) is 11.2. The Morgan fingerprint density at radius 1 is 1.35 bits per heavy atom. The minimum Gasteiger partial charge on any atom is -0.480 e. The summed E-state index contributed by atoms with van der Waals surface area (Å²) in [5.74, 6) is -0.971. The number of fused-ring (bicyclic) bond motifs is 1. The fraction of sp³-hybridized carbons (Fsp3) is 0.333. The van der Waals surface area contributed by atoms with Crippen molar-refractivity contribution in [3.63, 3.8) is 0 Å². The van der Waals surface area contributed by atoms with Crippen LogP contribution in [0.4, 0.5) is 0 Å². The van der Waals surface area contributed by atoms with Gasteiger partial charge in [-0.1, -0.05) is 0 Å². The second-order valence-electron chi connectivity index (χ2n) is 4.31. The number of carboxylic acids is 1. The molecule has 2 aromatic heterocycles. The maximum Gasteiger partial charge on any atom is 0.332 e. The second kappa shape index (κ2) is 5.12. The highest BCUT2D eigenvalue weighted by molar-refractivity contribution is 8.00. The van der Waals surface area contributed by atoms with Crippen molar-refractivity contribution in [2.75, 3.05) is 0 Å². The molecule has 0 spiro atoms. The van der Waals surface area contributed by atoms with E-state index in [0.29, 0.717) is 4.90 Å². The van der Waals surface area contributed by atoms with Gasteiger partial charge in [0.05, 0.1) is 5.39 Å². The van der Waals surface area contributed by atoms with Crippen LogP contribution in [0.3, 0.4) is 0 Å². The van der Waals surface area contributed by atoms with E-state index in [4.69, 9.17) is 5.11 Å². The van der Waals surface area contributed by atoms with Crippen molar-refractivity contribution in [2.24, 2.45) is 14.1 Å².